The molecule has 2 rings (SSSR count). The standard InChI is InChI=1S/C14H13NO2S/c1-10-3-2-4-11(7-10)9-18-13-5-6-15-8-12(13)14(16)17/h2-8H,9H2,1H3,(H,16,17). The smallest absolute Gasteiger partial charge is 0.338 e. The number of benzene rings is 1. The van der Waals surface area contributed by atoms with Gasteiger partial charge in [0, 0.05) is 23.0 Å². The van der Waals surface area contributed by atoms with Crippen LogP contribution >= 0.6 is 11.8 Å². The highest BCUT2D eigenvalue weighted by molar-refractivity contribution is 7.98. The molecule has 92 valence electrons. The number of pyridine rings is 1. The molecule has 0 unspecified atom stereocenters. The van der Waals surface area contributed by atoms with Gasteiger partial charge < -0.3 is 5.11 Å². The molecule has 0 saturated carbocycles. The monoisotopic (exact) mass is 259 g/mol. The van der Waals surface area contributed by atoms with Gasteiger partial charge in [0.15, 0.2) is 0 Å². The van der Waals surface area contributed by atoms with Crippen molar-refractivity contribution in [3.63, 3.8) is 0 Å². The fourth-order valence-corrected chi connectivity index (χ4v) is 2.59. The minimum absolute atomic E-state index is 0.259. The van der Waals surface area contributed by atoms with Crippen molar-refractivity contribution in [2.75, 3.05) is 0 Å². The van der Waals surface area contributed by atoms with Gasteiger partial charge in [0.25, 0.3) is 0 Å². The van der Waals surface area contributed by atoms with Gasteiger partial charge in [-0.05, 0) is 18.6 Å². The van der Waals surface area contributed by atoms with Crippen LogP contribution in [0.5, 0.6) is 0 Å². The van der Waals surface area contributed by atoms with Crippen LogP contribution in [0.4, 0.5) is 0 Å². The average Bonchev–Trinajstić information content (AvgIpc) is 2.37. The molecule has 0 saturated heterocycles. The Morgan fingerprint density at radius 3 is 2.94 bits per heavy atom. The van der Waals surface area contributed by atoms with E-state index in [1.165, 1.54) is 29.1 Å². The number of aryl methyl sites for hydroxylation is 1. The number of aromatic nitrogens is 1. The molecule has 0 atom stereocenters. The van der Waals surface area contributed by atoms with E-state index in [0.29, 0.717) is 0 Å². The molecule has 2 aromatic rings. The fourth-order valence-electron chi connectivity index (χ4n) is 1.63. The molecule has 18 heavy (non-hydrogen) atoms. The Labute approximate surface area is 110 Å². The maximum Gasteiger partial charge on any atom is 0.338 e. The number of hydrogen-bond acceptors (Lipinski definition) is 3. The summed E-state index contributed by atoms with van der Waals surface area (Å²) in [6.45, 7) is 2.04. The van der Waals surface area contributed by atoms with Crippen molar-refractivity contribution in [3.05, 3.63) is 59.4 Å². The summed E-state index contributed by atoms with van der Waals surface area (Å²) in [6.07, 6.45) is 3.01. The van der Waals surface area contributed by atoms with Gasteiger partial charge in [-0.3, -0.25) is 4.98 Å². The van der Waals surface area contributed by atoms with E-state index in [9.17, 15) is 4.79 Å². The van der Waals surface area contributed by atoms with E-state index < -0.39 is 5.97 Å². The first kappa shape index (κ1) is 12.6. The van der Waals surface area contributed by atoms with Crippen molar-refractivity contribution < 1.29 is 9.90 Å². The van der Waals surface area contributed by atoms with Crippen molar-refractivity contribution in [1.29, 1.82) is 0 Å². The summed E-state index contributed by atoms with van der Waals surface area (Å²) in [5, 5.41) is 9.05. The number of thioether (sulfide) groups is 1. The third-order valence-corrected chi connectivity index (χ3v) is 3.63. The van der Waals surface area contributed by atoms with Crippen LogP contribution in [0, 0.1) is 6.92 Å². The topological polar surface area (TPSA) is 50.2 Å². The Balaban J connectivity index is 2.13. The number of carboxylic acid groups (broad SMARTS) is 1. The average molecular weight is 259 g/mol. The highest BCUT2D eigenvalue weighted by Gasteiger charge is 2.10. The lowest BCUT2D eigenvalue weighted by Gasteiger charge is -2.05. The third-order valence-electron chi connectivity index (χ3n) is 2.49. The van der Waals surface area contributed by atoms with Crippen molar-refractivity contribution in [3.8, 4) is 0 Å². The van der Waals surface area contributed by atoms with Crippen molar-refractivity contribution >= 4 is 17.7 Å². The minimum Gasteiger partial charge on any atom is -0.478 e. The van der Waals surface area contributed by atoms with Gasteiger partial charge >= 0.3 is 5.97 Å². The molecule has 3 nitrogen and oxygen atoms in total. The molecule has 1 aromatic carbocycles. The lowest BCUT2D eigenvalue weighted by molar-refractivity contribution is 0.0692. The minimum atomic E-state index is -0.935. The van der Waals surface area contributed by atoms with Crippen LogP contribution in [0.1, 0.15) is 21.5 Å². The molecular formula is C14H13NO2S. The quantitative estimate of drug-likeness (QED) is 0.855. The van der Waals surface area contributed by atoms with Crippen LogP contribution in [0.3, 0.4) is 0 Å². The van der Waals surface area contributed by atoms with E-state index in [0.717, 1.165) is 10.6 Å². The molecular weight excluding hydrogens is 246 g/mol. The first-order chi connectivity index (χ1) is 8.66. The van der Waals surface area contributed by atoms with Crippen LogP contribution in [-0.4, -0.2) is 16.1 Å². The first-order valence-corrected chi connectivity index (χ1v) is 6.51. The molecule has 1 N–H and O–H groups in total. The number of rotatable bonds is 4. The van der Waals surface area contributed by atoms with Crippen LogP contribution in [0.2, 0.25) is 0 Å². The molecule has 0 spiro atoms. The summed E-state index contributed by atoms with van der Waals surface area (Å²) in [4.78, 5) is 15.6. The number of aromatic carboxylic acids is 1. The summed E-state index contributed by atoms with van der Waals surface area (Å²) in [5.41, 5.74) is 2.66. The third kappa shape index (κ3) is 3.11. The zero-order valence-corrected chi connectivity index (χ0v) is 10.8. The Morgan fingerprint density at radius 2 is 2.22 bits per heavy atom. The summed E-state index contributed by atoms with van der Waals surface area (Å²) < 4.78 is 0. The number of nitrogens with zero attached hydrogens (tertiary/aromatic N) is 1. The highest BCUT2D eigenvalue weighted by Crippen LogP contribution is 2.25. The van der Waals surface area contributed by atoms with Crippen molar-refractivity contribution in [2.45, 2.75) is 17.6 Å². The van der Waals surface area contributed by atoms with Gasteiger partial charge in [-0.25, -0.2) is 4.79 Å². The van der Waals surface area contributed by atoms with E-state index in [1.807, 2.05) is 25.1 Å². The van der Waals surface area contributed by atoms with Crippen molar-refractivity contribution in [2.24, 2.45) is 0 Å². The van der Waals surface area contributed by atoms with Gasteiger partial charge in [0.05, 0.1) is 5.56 Å². The predicted molar refractivity (Wildman–Crippen MR) is 71.9 cm³/mol. The van der Waals surface area contributed by atoms with Gasteiger partial charge in [0.2, 0.25) is 0 Å². The van der Waals surface area contributed by atoms with Crippen LogP contribution in [0.15, 0.2) is 47.6 Å². The Bertz CT molecular complexity index is 569. The largest absolute Gasteiger partial charge is 0.478 e. The van der Waals surface area contributed by atoms with E-state index in [1.54, 1.807) is 12.3 Å². The zero-order valence-electron chi connectivity index (χ0n) is 9.96. The van der Waals surface area contributed by atoms with E-state index >= 15 is 0 Å². The number of carboxylic acids is 1. The van der Waals surface area contributed by atoms with E-state index in [-0.39, 0.29) is 5.56 Å². The zero-order chi connectivity index (χ0) is 13.0. The Hall–Kier alpha value is -1.81. The van der Waals surface area contributed by atoms with E-state index in [2.05, 4.69) is 11.1 Å². The summed E-state index contributed by atoms with van der Waals surface area (Å²) in [7, 11) is 0. The van der Waals surface area contributed by atoms with Crippen LogP contribution in [0.25, 0.3) is 0 Å². The second-order valence-electron chi connectivity index (χ2n) is 3.95. The second-order valence-corrected chi connectivity index (χ2v) is 4.97. The van der Waals surface area contributed by atoms with Crippen molar-refractivity contribution in [1.82, 2.24) is 4.98 Å². The molecule has 0 aliphatic heterocycles. The molecule has 0 fully saturated rings. The highest BCUT2D eigenvalue weighted by atomic mass is 32.2. The lowest BCUT2D eigenvalue weighted by Crippen LogP contribution is -1.99. The molecule has 0 aliphatic carbocycles. The SMILES string of the molecule is Cc1cccc(CSc2ccncc2C(=O)O)c1. The molecule has 1 aromatic heterocycles. The molecule has 1 heterocycles. The molecule has 0 amide bonds. The first-order valence-electron chi connectivity index (χ1n) is 5.52. The summed E-state index contributed by atoms with van der Waals surface area (Å²) in [6, 6.07) is 9.94. The molecule has 4 heteroatoms. The van der Waals surface area contributed by atoms with Gasteiger partial charge in [-0.2, -0.15) is 0 Å². The summed E-state index contributed by atoms with van der Waals surface area (Å²) >= 11 is 1.52. The van der Waals surface area contributed by atoms with E-state index in [4.69, 9.17) is 5.11 Å². The van der Waals surface area contributed by atoms with Gasteiger partial charge in [0.1, 0.15) is 0 Å². The number of hydrogen-bond donors (Lipinski definition) is 1. The number of carbonyl (C=O) groups is 1. The van der Waals surface area contributed by atoms with Crippen LogP contribution < -0.4 is 0 Å². The second kappa shape index (κ2) is 5.69. The normalized spacial score (nSPS) is 10.3. The summed E-state index contributed by atoms with van der Waals surface area (Å²) in [5.74, 6) is -0.179. The molecule has 0 radical (unpaired) electrons. The van der Waals surface area contributed by atoms with Gasteiger partial charge in [-0.15, -0.1) is 11.8 Å². The van der Waals surface area contributed by atoms with Gasteiger partial charge in [-0.1, -0.05) is 29.8 Å². The fraction of sp³-hybridized carbons (Fsp3) is 0.143. The Kier molecular flexibility index (Phi) is 3.99. The molecule has 0 aliphatic rings. The maximum atomic E-state index is 11.0. The predicted octanol–water partition coefficient (Wildman–Crippen LogP) is 3.38. The Morgan fingerprint density at radius 1 is 1.39 bits per heavy atom. The maximum absolute atomic E-state index is 11.0. The molecule has 0 bridgehead atoms. The van der Waals surface area contributed by atoms with Crippen LogP contribution in [-0.2, 0) is 5.75 Å². The lowest BCUT2D eigenvalue weighted by atomic mass is 10.2.